The third-order valence-electron chi connectivity index (χ3n) is 2.79. The van der Waals surface area contributed by atoms with Crippen molar-refractivity contribution in [3.63, 3.8) is 0 Å². The zero-order valence-corrected chi connectivity index (χ0v) is 12.4. The van der Waals surface area contributed by atoms with Crippen LogP contribution in [0.4, 0.5) is 0 Å². The van der Waals surface area contributed by atoms with Gasteiger partial charge in [-0.05, 0) is 23.8 Å². The van der Waals surface area contributed by atoms with Gasteiger partial charge in [-0.2, -0.15) is 8.42 Å². The predicted molar refractivity (Wildman–Crippen MR) is 78.2 cm³/mol. The van der Waals surface area contributed by atoms with E-state index in [1.807, 2.05) is 6.07 Å². The first-order valence-electron chi connectivity index (χ1n) is 6.01. The molecule has 0 heterocycles. The lowest BCUT2D eigenvalue weighted by molar-refractivity contribution is 0.113. The summed E-state index contributed by atoms with van der Waals surface area (Å²) < 4.78 is 37.5. The molecule has 0 saturated carbocycles. The van der Waals surface area contributed by atoms with Crippen molar-refractivity contribution >= 4 is 21.7 Å². The van der Waals surface area contributed by atoms with Crippen LogP contribution < -0.4 is 4.74 Å². The van der Waals surface area contributed by atoms with Gasteiger partial charge in [0.2, 0.25) is 0 Å². The minimum Gasteiger partial charge on any atom is -0.482 e. The summed E-state index contributed by atoms with van der Waals surface area (Å²) in [5, 5.41) is 9.57. The van der Waals surface area contributed by atoms with Crippen molar-refractivity contribution in [3.8, 4) is 5.75 Å². The van der Waals surface area contributed by atoms with Crippen molar-refractivity contribution in [2.75, 3.05) is 6.61 Å². The van der Waals surface area contributed by atoms with Gasteiger partial charge in [-0.3, -0.25) is 4.55 Å². The van der Waals surface area contributed by atoms with E-state index in [1.54, 1.807) is 24.3 Å². The maximum absolute atomic E-state index is 11.4. The van der Waals surface area contributed by atoms with Crippen molar-refractivity contribution in [1.82, 2.24) is 0 Å². The van der Waals surface area contributed by atoms with Crippen LogP contribution in [0.3, 0.4) is 0 Å². The number of hydrogen-bond donors (Lipinski definition) is 2. The highest BCUT2D eigenvalue weighted by molar-refractivity contribution is 7.86. The molecule has 0 bridgehead atoms. The Morgan fingerprint density at radius 2 is 1.81 bits per heavy atom. The molecule has 0 spiro atoms. The second-order valence-corrected chi connectivity index (χ2v) is 6.09. The monoisotopic (exact) mass is 328 g/mol. The van der Waals surface area contributed by atoms with Crippen molar-refractivity contribution in [1.29, 1.82) is 0 Å². The SMILES string of the molecule is O=S(=O)(O)c1cc(Cl)ccc1OC(CO)c1ccccc1. The summed E-state index contributed by atoms with van der Waals surface area (Å²) in [6, 6.07) is 12.7. The van der Waals surface area contributed by atoms with Crippen LogP contribution >= 0.6 is 11.6 Å². The molecular weight excluding hydrogens is 316 g/mol. The lowest BCUT2D eigenvalue weighted by Gasteiger charge is -2.19. The highest BCUT2D eigenvalue weighted by Gasteiger charge is 2.21. The van der Waals surface area contributed by atoms with E-state index >= 15 is 0 Å². The summed E-state index contributed by atoms with van der Waals surface area (Å²) in [7, 11) is -4.48. The van der Waals surface area contributed by atoms with Gasteiger partial charge in [-0.1, -0.05) is 41.9 Å². The first kappa shape index (κ1) is 15.8. The van der Waals surface area contributed by atoms with Crippen LogP contribution in [-0.2, 0) is 10.1 Å². The largest absolute Gasteiger partial charge is 0.482 e. The number of ether oxygens (including phenoxy) is 1. The molecule has 0 aromatic heterocycles. The molecule has 0 aliphatic heterocycles. The lowest BCUT2D eigenvalue weighted by atomic mass is 10.1. The molecule has 7 heteroatoms. The third kappa shape index (κ3) is 3.95. The zero-order chi connectivity index (χ0) is 15.5. The van der Waals surface area contributed by atoms with E-state index in [9.17, 15) is 18.1 Å². The molecule has 21 heavy (non-hydrogen) atoms. The highest BCUT2D eigenvalue weighted by Crippen LogP contribution is 2.30. The lowest BCUT2D eigenvalue weighted by Crippen LogP contribution is -2.14. The Morgan fingerprint density at radius 3 is 2.38 bits per heavy atom. The van der Waals surface area contributed by atoms with Crippen molar-refractivity contribution in [2.45, 2.75) is 11.0 Å². The number of aliphatic hydroxyl groups excluding tert-OH is 1. The average Bonchev–Trinajstić information content (AvgIpc) is 2.46. The topological polar surface area (TPSA) is 83.8 Å². The third-order valence-corrected chi connectivity index (χ3v) is 3.90. The Kier molecular flexibility index (Phi) is 4.84. The van der Waals surface area contributed by atoms with Gasteiger partial charge in [0, 0.05) is 5.02 Å². The molecule has 2 aromatic rings. The summed E-state index contributed by atoms with van der Waals surface area (Å²) in [5.74, 6) is -0.0789. The molecule has 1 unspecified atom stereocenters. The fraction of sp³-hybridized carbons (Fsp3) is 0.143. The summed E-state index contributed by atoms with van der Waals surface area (Å²) in [6.45, 7) is -0.350. The quantitative estimate of drug-likeness (QED) is 0.824. The minimum absolute atomic E-state index is 0.0789. The highest BCUT2D eigenvalue weighted by atomic mass is 35.5. The van der Waals surface area contributed by atoms with E-state index in [0.717, 1.165) is 6.07 Å². The van der Waals surface area contributed by atoms with Gasteiger partial charge >= 0.3 is 0 Å². The molecule has 112 valence electrons. The Hall–Kier alpha value is -1.60. The van der Waals surface area contributed by atoms with Crippen LogP contribution in [0.25, 0.3) is 0 Å². The van der Waals surface area contributed by atoms with Gasteiger partial charge in [-0.25, -0.2) is 0 Å². The van der Waals surface area contributed by atoms with Crippen molar-refractivity contribution < 1.29 is 22.8 Å². The molecule has 0 amide bonds. The number of benzene rings is 2. The van der Waals surface area contributed by atoms with Crippen LogP contribution in [0.5, 0.6) is 5.75 Å². The molecule has 0 aliphatic rings. The normalized spacial score (nSPS) is 12.9. The average molecular weight is 329 g/mol. The van der Waals surface area contributed by atoms with Crippen molar-refractivity contribution in [2.24, 2.45) is 0 Å². The number of aliphatic hydroxyl groups is 1. The Bertz CT molecular complexity index is 715. The number of hydrogen-bond acceptors (Lipinski definition) is 4. The summed E-state index contributed by atoms with van der Waals surface area (Å²) >= 11 is 5.73. The molecule has 5 nitrogen and oxygen atoms in total. The van der Waals surface area contributed by atoms with Crippen molar-refractivity contribution in [3.05, 3.63) is 59.1 Å². The van der Waals surface area contributed by atoms with Crippen LogP contribution in [-0.4, -0.2) is 24.7 Å². The minimum atomic E-state index is -4.48. The fourth-order valence-corrected chi connectivity index (χ4v) is 2.70. The molecule has 2 rings (SSSR count). The Morgan fingerprint density at radius 1 is 1.14 bits per heavy atom. The molecule has 0 aliphatic carbocycles. The smallest absolute Gasteiger partial charge is 0.298 e. The Balaban J connectivity index is 2.39. The molecule has 0 radical (unpaired) electrons. The predicted octanol–water partition coefficient (Wildman–Crippen LogP) is 2.70. The standard InChI is InChI=1S/C14H13ClO5S/c15-11-6-7-12(14(8-11)21(17,18)19)20-13(9-16)10-4-2-1-3-5-10/h1-8,13,16H,9H2,(H,17,18,19). The van der Waals surface area contributed by atoms with Crippen LogP contribution in [0.15, 0.2) is 53.4 Å². The van der Waals surface area contributed by atoms with E-state index in [1.165, 1.54) is 12.1 Å². The maximum Gasteiger partial charge on any atom is 0.298 e. The van der Waals surface area contributed by atoms with Gasteiger partial charge < -0.3 is 9.84 Å². The number of halogens is 1. The summed E-state index contributed by atoms with van der Waals surface area (Å²) in [6.07, 6.45) is -0.757. The van der Waals surface area contributed by atoms with Gasteiger partial charge in [0.05, 0.1) is 6.61 Å². The molecule has 0 fully saturated rings. The van der Waals surface area contributed by atoms with E-state index in [0.29, 0.717) is 5.56 Å². The first-order chi connectivity index (χ1) is 9.91. The van der Waals surface area contributed by atoms with Gasteiger partial charge in [0.25, 0.3) is 10.1 Å². The maximum atomic E-state index is 11.4. The van der Waals surface area contributed by atoms with Crippen LogP contribution in [0.2, 0.25) is 5.02 Å². The van der Waals surface area contributed by atoms with Gasteiger partial charge in [-0.15, -0.1) is 0 Å². The second kappa shape index (κ2) is 6.44. The molecule has 0 saturated heterocycles. The van der Waals surface area contributed by atoms with E-state index < -0.39 is 21.1 Å². The van der Waals surface area contributed by atoms with E-state index in [4.69, 9.17) is 16.3 Å². The van der Waals surface area contributed by atoms with Crippen LogP contribution in [0.1, 0.15) is 11.7 Å². The fourth-order valence-electron chi connectivity index (χ4n) is 1.81. The summed E-state index contributed by atoms with van der Waals surface area (Å²) in [5.41, 5.74) is 0.677. The Labute approximate surface area is 127 Å². The van der Waals surface area contributed by atoms with E-state index in [2.05, 4.69) is 0 Å². The number of rotatable bonds is 5. The first-order valence-corrected chi connectivity index (χ1v) is 7.83. The molecule has 2 N–H and O–H groups in total. The van der Waals surface area contributed by atoms with Gasteiger partial charge in [0.1, 0.15) is 16.7 Å². The van der Waals surface area contributed by atoms with Crippen LogP contribution in [0, 0.1) is 0 Å². The molecular formula is C14H13ClO5S. The summed E-state index contributed by atoms with van der Waals surface area (Å²) in [4.78, 5) is -0.440. The van der Waals surface area contributed by atoms with Gasteiger partial charge in [0.15, 0.2) is 0 Å². The second-order valence-electron chi connectivity index (χ2n) is 4.27. The molecule has 1 atom stereocenters. The van der Waals surface area contributed by atoms with E-state index in [-0.39, 0.29) is 17.4 Å². The molecule has 2 aromatic carbocycles. The zero-order valence-electron chi connectivity index (χ0n) is 10.8.